The summed E-state index contributed by atoms with van der Waals surface area (Å²) >= 11 is 4.66. The van der Waals surface area contributed by atoms with Gasteiger partial charge in [0.1, 0.15) is 5.82 Å². The topological polar surface area (TPSA) is 66.9 Å². The molecular formula is C11H11BrN4OS. The van der Waals surface area contributed by atoms with Gasteiger partial charge in [0.15, 0.2) is 5.13 Å². The summed E-state index contributed by atoms with van der Waals surface area (Å²) in [6, 6.07) is 3.43. The predicted molar refractivity (Wildman–Crippen MR) is 76.3 cm³/mol. The summed E-state index contributed by atoms with van der Waals surface area (Å²) in [6.07, 6.45) is 1.65. The number of thiazole rings is 1. The van der Waals surface area contributed by atoms with E-state index >= 15 is 0 Å². The van der Waals surface area contributed by atoms with Gasteiger partial charge >= 0.3 is 0 Å². The summed E-state index contributed by atoms with van der Waals surface area (Å²) in [4.78, 5) is 20.3. The molecule has 0 aliphatic heterocycles. The molecule has 0 fully saturated rings. The van der Waals surface area contributed by atoms with Crippen LogP contribution in [0.2, 0.25) is 0 Å². The van der Waals surface area contributed by atoms with E-state index < -0.39 is 0 Å². The van der Waals surface area contributed by atoms with Gasteiger partial charge in [0.05, 0.1) is 9.98 Å². The molecule has 0 atom stereocenters. The minimum atomic E-state index is -0.196. The fraction of sp³-hybridized carbons (Fsp3) is 0.182. The lowest BCUT2D eigenvalue weighted by atomic mass is 10.2. The second-order valence-electron chi connectivity index (χ2n) is 3.56. The van der Waals surface area contributed by atoms with Gasteiger partial charge in [-0.1, -0.05) is 11.3 Å². The highest BCUT2D eigenvalue weighted by Crippen LogP contribution is 2.23. The Labute approximate surface area is 117 Å². The van der Waals surface area contributed by atoms with E-state index in [4.69, 9.17) is 0 Å². The van der Waals surface area contributed by atoms with Crippen molar-refractivity contribution in [3.8, 4) is 0 Å². The van der Waals surface area contributed by atoms with Crippen LogP contribution in [0.3, 0.4) is 0 Å². The Balaban J connectivity index is 2.20. The molecule has 0 aromatic carbocycles. The summed E-state index contributed by atoms with van der Waals surface area (Å²) in [5.74, 6) is 0.472. The van der Waals surface area contributed by atoms with Crippen LogP contribution >= 0.6 is 27.3 Å². The van der Waals surface area contributed by atoms with Gasteiger partial charge in [0.2, 0.25) is 0 Å². The number of aryl methyl sites for hydroxylation is 1. The molecule has 0 aliphatic carbocycles. The van der Waals surface area contributed by atoms with Gasteiger partial charge in [-0.25, -0.2) is 9.97 Å². The third-order valence-electron chi connectivity index (χ3n) is 2.17. The number of nitrogens with zero attached hydrogens (tertiary/aromatic N) is 2. The van der Waals surface area contributed by atoms with Crippen LogP contribution in [0.4, 0.5) is 10.9 Å². The van der Waals surface area contributed by atoms with Gasteiger partial charge in [-0.05, 0) is 35.0 Å². The third kappa shape index (κ3) is 3.05. The van der Waals surface area contributed by atoms with Gasteiger partial charge in [-0.2, -0.15) is 0 Å². The number of rotatable bonds is 3. The number of hydrogen-bond donors (Lipinski definition) is 2. The van der Waals surface area contributed by atoms with Gasteiger partial charge in [0, 0.05) is 18.3 Å². The zero-order chi connectivity index (χ0) is 13.1. The molecule has 0 bridgehead atoms. The number of amides is 1. The van der Waals surface area contributed by atoms with E-state index in [1.807, 2.05) is 6.92 Å². The molecule has 2 heterocycles. The molecule has 0 aliphatic rings. The molecule has 18 heavy (non-hydrogen) atoms. The summed E-state index contributed by atoms with van der Waals surface area (Å²) < 4.78 is 0.875. The Morgan fingerprint density at radius 2 is 2.22 bits per heavy atom. The van der Waals surface area contributed by atoms with Crippen LogP contribution in [0.25, 0.3) is 0 Å². The zero-order valence-electron chi connectivity index (χ0n) is 9.82. The monoisotopic (exact) mass is 326 g/mol. The minimum absolute atomic E-state index is 0.196. The molecule has 2 N–H and O–H groups in total. The van der Waals surface area contributed by atoms with Gasteiger partial charge < -0.3 is 5.32 Å². The number of aromatic nitrogens is 2. The van der Waals surface area contributed by atoms with Crippen LogP contribution in [0.1, 0.15) is 16.1 Å². The Kier molecular flexibility index (Phi) is 3.93. The minimum Gasteiger partial charge on any atom is -0.373 e. The van der Waals surface area contributed by atoms with Gasteiger partial charge in [-0.15, -0.1) is 0 Å². The lowest BCUT2D eigenvalue weighted by Gasteiger charge is -2.05. The molecule has 1 amide bonds. The fourth-order valence-electron chi connectivity index (χ4n) is 1.41. The SMILES string of the molecule is CNc1cc(C(=O)Nc2ncc(Br)s2)cc(C)n1. The Morgan fingerprint density at radius 1 is 1.44 bits per heavy atom. The number of pyridine rings is 1. The van der Waals surface area contributed by atoms with E-state index in [9.17, 15) is 4.79 Å². The van der Waals surface area contributed by atoms with Crippen LogP contribution in [0.15, 0.2) is 22.1 Å². The summed E-state index contributed by atoms with van der Waals surface area (Å²) in [5.41, 5.74) is 1.34. The Hall–Kier alpha value is -1.47. The lowest BCUT2D eigenvalue weighted by molar-refractivity contribution is 0.102. The number of hydrogen-bond acceptors (Lipinski definition) is 5. The van der Waals surface area contributed by atoms with Crippen molar-refractivity contribution in [2.75, 3.05) is 17.7 Å². The van der Waals surface area contributed by atoms with Crippen LogP contribution < -0.4 is 10.6 Å². The van der Waals surface area contributed by atoms with Crippen molar-refractivity contribution < 1.29 is 4.79 Å². The highest BCUT2D eigenvalue weighted by atomic mass is 79.9. The highest BCUT2D eigenvalue weighted by Gasteiger charge is 2.10. The first-order valence-corrected chi connectivity index (χ1v) is 6.78. The van der Waals surface area contributed by atoms with E-state index in [-0.39, 0.29) is 5.91 Å². The predicted octanol–water partition coefficient (Wildman–Crippen LogP) is 2.90. The summed E-state index contributed by atoms with van der Waals surface area (Å²) in [7, 11) is 1.77. The van der Waals surface area contributed by atoms with Crippen molar-refractivity contribution in [2.24, 2.45) is 0 Å². The first-order chi connectivity index (χ1) is 8.58. The standard InChI is InChI=1S/C11H11BrN4OS/c1-6-3-7(4-9(13-2)15-6)10(17)16-11-14-5-8(12)18-11/h3-5H,1-2H3,(H,13,15)(H,14,16,17). The van der Waals surface area contributed by atoms with Crippen molar-refractivity contribution >= 4 is 44.1 Å². The van der Waals surface area contributed by atoms with E-state index in [0.29, 0.717) is 16.5 Å². The Bertz CT molecular complexity index is 584. The first-order valence-electron chi connectivity index (χ1n) is 5.17. The average molecular weight is 327 g/mol. The van der Waals surface area contributed by atoms with Crippen LogP contribution in [-0.2, 0) is 0 Å². The number of anilines is 2. The normalized spacial score (nSPS) is 10.2. The molecule has 0 spiro atoms. The molecule has 5 nitrogen and oxygen atoms in total. The average Bonchev–Trinajstić information content (AvgIpc) is 2.73. The van der Waals surface area contributed by atoms with Crippen LogP contribution in [0.5, 0.6) is 0 Å². The van der Waals surface area contributed by atoms with Crippen LogP contribution in [0, 0.1) is 6.92 Å². The van der Waals surface area contributed by atoms with Crippen LogP contribution in [-0.4, -0.2) is 22.9 Å². The molecule has 7 heteroatoms. The zero-order valence-corrected chi connectivity index (χ0v) is 12.2. The number of nitrogens with one attached hydrogen (secondary N) is 2. The molecule has 0 unspecified atom stereocenters. The summed E-state index contributed by atoms with van der Waals surface area (Å²) in [5, 5.41) is 6.22. The van der Waals surface area contributed by atoms with Crippen molar-refractivity contribution in [1.29, 1.82) is 0 Å². The van der Waals surface area contributed by atoms with Gasteiger partial charge in [0.25, 0.3) is 5.91 Å². The molecule has 2 aromatic rings. The highest BCUT2D eigenvalue weighted by molar-refractivity contribution is 9.11. The molecule has 94 valence electrons. The number of halogens is 1. The largest absolute Gasteiger partial charge is 0.373 e. The molecule has 0 radical (unpaired) electrons. The maximum atomic E-state index is 12.0. The van der Waals surface area contributed by atoms with Crippen molar-refractivity contribution in [3.05, 3.63) is 33.4 Å². The van der Waals surface area contributed by atoms with E-state index in [1.165, 1.54) is 11.3 Å². The second-order valence-corrected chi connectivity index (χ2v) is 5.97. The Morgan fingerprint density at radius 3 is 2.83 bits per heavy atom. The smallest absolute Gasteiger partial charge is 0.257 e. The van der Waals surface area contributed by atoms with E-state index in [2.05, 4.69) is 36.5 Å². The maximum Gasteiger partial charge on any atom is 0.257 e. The molecule has 2 rings (SSSR count). The molecule has 2 aromatic heterocycles. The van der Waals surface area contributed by atoms with E-state index in [0.717, 1.165) is 9.48 Å². The quantitative estimate of drug-likeness (QED) is 0.910. The lowest BCUT2D eigenvalue weighted by Crippen LogP contribution is -2.12. The fourth-order valence-corrected chi connectivity index (χ4v) is 2.51. The maximum absolute atomic E-state index is 12.0. The van der Waals surface area contributed by atoms with Gasteiger partial charge in [-0.3, -0.25) is 10.1 Å². The summed E-state index contributed by atoms with van der Waals surface area (Å²) in [6.45, 7) is 1.84. The number of carbonyl (C=O) groups excluding carboxylic acids is 1. The van der Waals surface area contributed by atoms with Crippen molar-refractivity contribution in [3.63, 3.8) is 0 Å². The van der Waals surface area contributed by atoms with Crippen molar-refractivity contribution in [2.45, 2.75) is 6.92 Å². The molecular weight excluding hydrogens is 316 g/mol. The molecule has 0 saturated carbocycles. The molecule has 0 saturated heterocycles. The van der Waals surface area contributed by atoms with Crippen molar-refractivity contribution in [1.82, 2.24) is 9.97 Å². The first kappa shape index (κ1) is 13.0. The van der Waals surface area contributed by atoms with E-state index in [1.54, 1.807) is 25.4 Å². The second kappa shape index (κ2) is 5.45. The number of carbonyl (C=O) groups is 1. The third-order valence-corrected chi connectivity index (χ3v) is 3.56.